The maximum absolute atomic E-state index is 13.1. The second kappa shape index (κ2) is 7.12. The number of nitrogens with one attached hydrogen (secondary N) is 1. The van der Waals surface area contributed by atoms with E-state index in [0.717, 1.165) is 11.4 Å². The number of thioether (sulfide) groups is 1. The Hall–Kier alpha value is -2.98. The summed E-state index contributed by atoms with van der Waals surface area (Å²) in [6, 6.07) is 9.33. The van der Waals surface area contributed by atoms with Crippen molar-refractivity contribution in [1.29, 1.82) is 0 Å². The molecule has 1 aliphatic rings. The molecule has 1 atom stereocenters. The minimum absolute atomic E-state index is 0.162. The standard InChI is InChI=1S/C19H16N6O2S2/c1-11-9-28-18(21-11)22-15(26)7-13-10-29-19-23-16-14(17(27)24(13)19)8-20-25(16)12-5-3-2-4-6-12/h2-6,8-9,13H,7,10H2,1H3,(H,21,22,26)/t13-/m0/s1. The molecule has 1 aliphatic heterocycles. The molecule has 4 heterocycles. The Labute approximate surface area is 173 Å². The highest BCUT2D eigenvalue weighted by atomic mass is 32.2. The Morgan fingerprint density at radius 1 is 1.28 bits per heavy atom. The van der Waals surface area contributed by atoms with Crippen molar-refractivity contribution in [3.8, 4) is 5.69 Å². The van der Waals surface area contributed by atoms with Crippen LogP contribution in [0.25, 0.3) is 16.7 Å². The molecule has 3 aromatic heterocycles. The summed E-state index contributed by atoms with van der Waals surface area (Å²) in [5.41, 5.74) is 2.07. The van der Waals surface area contributed by atoms with Crippen molar-refractivity contribution in [2.75, 3.05) is 11.1 Å². The van der Waals surface area contributed by atoms with Gasteiger partial charge in [0.1, 0.15) is 5.39 Å². The molecule has 4 aromatic rings. The smallest absolute Gasteiger partial charge is 0.265 e. The summed E-state index contributed by atoms with van der Waals surface area (Å²) in [6.07, 6.45) is 1.74. The molecular formula is C19H16N6O2S2. The molecule has 0 radical (unpaired) electrons. The van der Waals surface area contributed by atoms with Gasteiger partial charge < -0.3 is 5.32 Å². The van der Waals surface area contributed by atoms with Gasteiger partial charge in [0.05, 0.1) is 23.6 Å². The zero-order valence-electron chi connectivity index (χ0n) is 15.4. The second-order valence-corrected chi connectivity index (χ2v) is 8.56. The zero-order valence-corrected chi connectivity index (χ0v) is 17.0. The van der Waals surface area contributed by atoms with Crippen LogP contribution in [-0.2, 0) is 4.79 Å². The number of aromatic nitrogens is 5. The molecule has 0 saturated heterocycles. The third-order valence-electron chi connectivity index (χ3n) is 4.66. The van der Waals surface area contributed by atoms with E-state index in [4.69, 9.17) is 0 Å². The average molecular weight is 425 g/mol. The van der Waals surface area contributed by atoms with E-state index in [1.165, 1.54) is 23.1 Å². The topological polar surface area (TPSA) is 94.7 Å². The van der Waals surface area contributed by atoms with Crippen molar-refractivity contribution in [3.05, 3.63) is 58.0 Å². The van der Waals surface area contributed by atoms with E-state index in [1.807, 2.05) is 42.6 Å². The Balaban J connectivity index is 1.46. The number of thiazole rings is 1. The molecule has 1 aromatic carbocycles. The van der Waals surface area contributed by atoms with Crippen LogP contribution >= 0.6 is 23.1 Å². The molecule has 10 heteroatoms. The van der Waals surface area contributed by atoms with Gasteiger partial charge in [-0.05, 0) is 19.1 Å². The van der Waals surface area contributed by atoms with Crippen LogP contribution in [0.2, 0.25) is 0 Å². The van der Waals surface area contributed by atoms with Crippen LogP contribution in [0.3, 0.4) is 0 Å². The van der Waals surface area contributed by atoms with Crippen molar-refractivity contribution in [2.24, 2.45) is 0 Å². The molecule has 1 N–H and O–H groups in total. The normalized spacial score (nSPS) is 15.6. The third-order valence-corrected chi connectivity index (χ3v) is 6.63. The highest BCUT2D eigenvalue weighted by molar-refractivity contribution is 7.99. The largest absolute Gasteiger partial charge is 0.302 e. The molecule has 0 bridgehead atoms. The maximum atomic E-state index is 13.1. The van der Waals surface area contributed by atoms with Crippen LogP contribution < -0.4 is 10.9 Å². The molecule has 29 heavy (non-hydrogen) atoms. The van der Waals surface area contributed by atoms with Gasteiger partial charge in [-0.3, -0.25) is 14.2 Å². The van der Waals surface area contributed by atoms with Gasteiger partial charge in [0, 0.05) is 17.6 Å². The van der Waals surface area contributed by atoms with Gasteiger partial charge in [0.2, 0.25) is 5.91 Å². The number of para-hydroxylation sites is 1. The van der Waals surface area contributed by atoms with Gasteiger partial charge >= 0.3 is 0 Å². The van der Waals surface area contributed by atoms with Gasteiger partial charge in [0.15, 0.2) is 15.9 Å². The third kappa shape index (κ3) is 3.23. The quantitative estimate of drug-likeness (QED) is 0.506. The highest BCUT2D eigenvalue weighted by Gasteiger charge is 2.29. The van der Waals surface area contributed by atoms with E-state index in [1.54, 1.807) is 15.4 Å². The van der Waals surface area contributed by atoms with Crippen molar-refractivity contribution < 1.29 is 4.79 Å². The van der Waals surface area contributed by atoms with Gasteiger partial charge in [-0.25, -0.2) is 14.6 Å². The summed E-state index contributed by atoms with van der Waals surface area (Å²) in [7, 11) is 0. The second-order valence-electron chi connectivity index (χ2n) is 6.71. The van der Waals surface area contributed by atoms with Crippen molar-refractivity contribution >= 4 is 45.2 Å². The summed E-state index contributed by atoms with van der Waals surface area (Å²) in [4.78, 5) is 34.5. The van der Waals surface area contributed by atoms with E-state index in [9.17, 15) is 9.59 Å². The number of amides is 1. The number of carbonyl (C=O) groups excluding carboxylic acids is 1. The van der Waals surface area contributed by atoms with Crippen LogP contribution in [0.1, 0.15) is 18.2 Å². The van der Waals surface area contributed by atoms with Crippen molar-refractivity contribution in [1.82, 2.24) is 24.3 Å². The van der Waals surface area contributed by atoms with Gasteiger partial charge in [-0.1, -0.05) is 30.0 Å². The summed E-state index contributed by atoms with van der Waals surface area (Å²) < 4.78 is 3.29. The number of carbonyl (C=O) groups is 1. The molecule has 0 aliphatic carbocycles. The Bertz CT molecular complexity index is 1280. The minimum Gasteiger partial charge on any atom is -0.302 e. The monoisotopic (exact) mass is 424 g/mol. The molecule has 1 amide bonds. The first-order valence-electron chi connectivity index (χ1n) is 9.00. The molecular weight excluding hydrogens is 408 g/mol. The van der Waals surface area contributed by atoms with Gasteiger partial charge in [-0.15, -0.1) is 11.3 Å². The van der Waals surface area contributed by atoms with Crippen LogP contribution in [0, 0.1) is 6.92 Å². The van der Waals surface area contributed by atoms with Gasteiger partial charge in [-0.2, -0.15) is 5.10 Å². The molecule has 146 valence electrons. The van der Waals surface area contributed by atoms with E-state index in [0.29, 0.717) is 27.1 Å². The number of hydrogen-bond acceptors (Lipinski definition) is 7. The summed E-state index contributed by atoms with van der Waals surface area (Å²) in [6.45, 7) is 1.88. The number of anilines is 1. The summed E-state index contributed by atoms with van der Waals surface area (Å²) in [5, 5.41) is 10.7. The maximum Gasteiger partial charge on any atom is 0.265 e. The molecule has 0 spiro atoms. The molecule has 0 saturated carbocycles. The first-order valence-corrected chi connectivity index (χ1v) is 10.9. The van der Waals surface area contributed by atoms with Crippen LogP contribution in [0.5, 0.6) is 0 Å². The number of fused-ring (bicyclic) bond motifs is 2. The lowest BCUT2D eigenvalue weighted by Gasteiger charge is -2.12. The predicted molar refractivity (Wildman–Crippen MR) is 113 cm³/mol. The van der Waals surface area contributed by atoms with Gasteiger partial charge in [0.25, 0.3) is 5.56 Å². The molecule has 8 nitrogen and oxygen atoms in total. The first-order chi connectivity index (χ1) is 14.1. The first kappa shape index (κ1) is 18.1. The number of hydrogen-bond donors (Lipinski definition) is 1. The zero-order chi connectivity index (χ0) is 20.0. The summed E-state index contributed by atoms with van der Waals surface area (Å²) >= 11 is 2.87. The summed E-state index contributed by atoms with van der Waals surface area (Å²) in [5.74, 6) is 0.461. The molecule has 0 unspecified atom stereocenters. The van der Waals surface area contributed by atoms with E-state index in [-0.39, 0.29) is 23.9 Å². The minimum atomic E-state index is -0.250. The SMILES string of the molecule is Cc1csc(NC(=O)C[C@H]2CSc3nc4c(cnn4-c4ccccc4)c(=O)n32)n1. The fourth-order valence-electron chi connectivity index (χ4n) is 3.33. The fourth-order valence-corrected chi connectivity index (χ4v) is 5.17. The number of rotatable bonds is 4. The van der Waals surface area contributed by atoms with E-state index < -0.39 is 0 Å². The highest BCUT2D eigenvalue weighted by Crippen LogP contribution is 2.33. The van der Waals surface area contributed by atoms with Crippen molar-refractivity contribution in [3.63, 3.8) is 0 Å². The lowest BCUT2D eigenvalue weighted by Crippen LogP contribution is -2.27. The number of nitrogens with zero attached hydrogens (tertiary/aromatic N) is 5. The number of benzene rings is 1. The molecule has 5 rings (SSSR count). The van der Waals surface area contributed by atoms with E-state index >= 15 is 0 Å². The average Bonchev–Trinajstić information content (AvgIpc) is 3.42. The molecule has 0 fully saturated rings. The van der Waals surface area contributed by atoms with Crippen LogP contribution in [0.4, 0.5) is 5.13 Å². The lowest BCUT2D eigenvalue weighted by molar-refractivity contribution is -0.116. The van der Waals surface area contributed by atoms with Crippen LogP contribution in [0.15, 0.2) is 51.9 Å². The predicted octanol–water partition coefficient (Wildman–Crippen LogP) is 3.02. The van der Waals surface area contributed by atoms with Crippen LogP contribution in [-0.4, -0.2) is 36.0 Å². The fraction of sp³-hybridized carbons (Fsp3) is 0.211. The Morgan fingerprint density at radius 2 is 2.10 bits per heavy atom. The van der Waals surface area contributed by atoms with E-state index in [2.05, 4.69) is 20.4 Å². The Kier molecular flexibility index (Phi) is 4.44. The lowest BCUT2D eigenvalue weighted by atomic mass is 10.2. The number of aryl methyl sites for hydroxylation is 1. The van der Waals surface area contributed by atoms with Crippen molar-refractivity contribution in [2.45, 2.75) is 24.5 Å². The Morgan fingerprint density at radius 3 is 2.86 bits per heavy atom.